The first-order chi connectivity index (χ1) is 9.86. The molecule has 6 nitrogen and oxygen atoms in total. The summed E-state index contributed by atoms with van der Waals surface area (Å²) in [6, 6.07) is 11.0. The van der Waals surface area contributed by atoms with Gasteiger partial charge in [-0.2, -0.15) is 8.42 Å². The second-order valence-corrected chi connectivity index (χ2v) is 5.68. The van der Waals surface area contributed by atoms with Crippen LogP contribution in [0.15, 0.2) is 47.4 Å². The lowest BCUT2D eigenvalue weighted by atomic mass is 10.0. The first kappa shape index (κ1) is 15.3. The third-order valence-electron chi connectivity index (χ3n) is 3.01. The van der Waals surface area contributed by atoms with Crippen LogP contribution in [0, 0.1) is 0 Å². The van der Waals surface area contributed by atoms with Gasteiger partial charge in [0, 0.05) is 5.56 Å². The van der Waals surface area contributed by atoms with Crippen molar-refractivity contribution in [3.05, 3.63) is 53.6 Å². The minimum Gasteiger partial charge on any atom is -0.506 e. The first-order valence-electron chi connectivity index (χ1n) is 5.96. The summed E-state index contributed by atoms with van der Waals surface area (Å²) in [5.41, 5.74) is 0.425. The number of phenols is 1. The van der Waals surface area contributed by atoms with Crippen LogP contribution in [0.5, 0.6) is 11.5 Å². The number of phenolic OH excluding ortho intramolecular Hbond substituents is 1. The van der Waals surface area contributed by atoms with Crippen molar-refractivity contribution in [3.8, 4) is 11.5 Å². The highest BCUT2D eigenvalue weighted by Gasteiger charge is 2.27. The molecule has 7 heteroatoms. The van der Waals surface area contributed by atoms with Crippen LogP contribution in [0.2, 0.25) is 0 Å². The Kier molecular flexibility index (Phi) is 4.17. The van der Waals surface area contributed by atoms with Crippen molar-refractivity contribution in [1.29, 1.82) is 0 Å². The maximum atomic E-state index is 11.4. The molecule has 2 aromatic carbocycles. The van der Waals surface area contributed by atoms with Crippen molar-refractivity contribution in [2.24, 2.45) is 0 Å². The SMILES string of the molecule is COc1ccc(C(O)c2ccccc2)c(O)c1S(=O)(=O)O. The topological polar surface area (TPSA) is 104 Å². The highest BCUT2D eigenvalue weighted by molar-refractivity contribution is 7.86. The fraction of sp³-hybridized carbons (Fsp3) is 0.143. The van der Waals surface area contributed by atoms with Crippen molar-refractivity contribution < 1.29 is 27.9 Å². The molecule has 0 saturated heterocycles. The lowest BCUT2D eigenvalue weighted by Crippen LogP contribution is -2.06. The summed E-state index contributed by atoms with van der Waals surface area (Å²) in [5, 5.41) is 20.3. The van der Waals surface area contributed by atoms with Gasteiger partial charge in [0.15, 0.2) is 4.90 Å². The Hall–Kier alpha value is -2.09. The number of hydrogen-bond donors (Lipinski definition) is 3. The van der Waals surface area contributed by atoms with Gasteiger partial charge in [-0.25, -0.2) is 0 Å². The fourth-order valence-electron chi connectivity index (χ4n) is 2.01. The Bertz CT molecular complexity index is 740. The van der Waals surface area contributed by atoms with Crippen LogP contribution in [-0.2, 0) is 10.1 Å². The number of benzene rings is 2. The van der Waals surface area contributed by atoms with E-state index in [9.17, 15) is 23.2 Å². The van der Waals surface area contributed by atoms with E-state index in [1.165, 1.54) is 19.2 Å². The van der Waals surface area contributed by atoms with E-state index in [1.54, 1.807) is 30.3 Å². The summed E-state index contributed by atoms with van der Waals surface area (Å²) in [6.45, 7) is 0. The molecule has 2 rings (SSSR count). The lowest BCUT2D eigenvalue weighted by molar-refractivity contribution is 0.214. The first-order valence-corrected chi connectivity index (χ1v) is 7.40. The quantitative estimate of drug-likeness (QED) is 0.743. The van der Waals surface area contributed by atoms with Crippen LogP contribution in [0.1, 0.15) is 17.2 Å². The average molecular weight is 310 g/mol. The second-order valence-electron chi connectivity index (χ2n) is 4.32. The number of aromatic hydroxyl groups is 1. The zero-order chi connectivity index (χ0) is 15.6. The van der Waals surface area contributed by atoms with Crippen LogP contribution in [-0.4, -0.2) is 30.3 Å². The molecule has 0 radical (unpaired) electrons. The molecule has 0 aliphatic heterocycles. The van der Waals surface area contributed by atoms with E-state index in [0.717, 1.165) is 0 Å². The van der Waals surface area contributed by atoms with E-state index in [1.807, 2.05) is 0 Å². The third kappa shape index (κ3) is 2.99. The average Bonchev–Trinajstić information content (AvgIpc) is 2.45. The van der Waals surface area contributed by atoms with Crippen molar-refractivity contribution >= 4 is 10.1 Å². The predicted molar refractivity (Wildman–Crippen MR) is 75.0 cm³/mol. The van der Waals surface area contributed by atoms with E-state index in [2.05, 4.69) is 0 Å². The van der Waals surface area contributed by atoms with Gasteiger partial charge in [-0.05, 0) is 17.7 Å². The van der Waals surface area contributed by atoms with Gasteiger partial charge in [0.1, 0.15) is 17.6 Å². The van der Waals surface area contributed by atoms with Gasteiger partial charge >= 0.3 is 10.1 Å². The lowest BCUT2D eigenvalue weighted by Gasteiger charge is -2.16. The molecule has 0 heterocycles. The number of aliphatic hydroxyl groups is 1. The molecule has 3 N–H and O–H groups in total. The molecular formula is C14H14O6S. The molecule has 1 atom stereocenters. The van der Waals surface area contributed by atoms with E-state index < -0.39 is 26.9 Å². The Morgan fingerprint density at radius 3 is 2.24 bits per heavy atom. The minimum absolute atomic E-state index is 0.0466. The largest absolute Gasteiger partial charge is 0.506 e. The van der Waals surface area contributed by atoms with Gasteiger partial charge in [-0.15, -0.1) is 0 Å². The maximum Gasteiger partial charge on any atom is 0.301 e. The molecular weight excluding hydrogens is 296 g/mol. The monoisotopic (exact) mass is 310 g/mol. The molecule has 112 valence electrons. The molecule has 2 aromatic rings. The summed E-state index contributed by atoms with van der Waals surface area (Å²) >= 11 is 0. The Morgan fingerprint density at radius 1 is 1.10 bits per heavy atom. The van der Waals surface area contributed by atoms with Crippen LogP contribution in [0.25, 0.3) is 0 Å². The molecule has 0 aromatic heterocycles. The van der Waals surface area contributed by atoms with Crippen molar-refractivity contribution in [1.82, 2.24) is 0 Å². The number of rotatable bonds is 4. The Balaban J connectivity index is 2.62. The zero-order valence-corrected chi connectivity index (χ0v) is 11.9. The van der Waals surface area contributed by atoms with Gasteiger partial charge in [-0.3, -0.25) is 4.55 Å². The van der Waals surface area contributed by atoms with E-state index in [-0.39, 0.29) is 11.3 Å². The zero-order valence-electron chi connectivity index (χ0n) is 11.1. The minimum atomic E-state index is -4.70. The standard InChI is InChI=1S/C14H14O6S/c1-20-11-8-7-10(13(16)14(11)21(17,18)19)12(15)9-5-3-2-4-6-9/h2-8,12,15-16H,1H3,(H,17,18,19). The van der Waals surface area contributed by atoms with Gasteiger partial charge in [-0.1, -0.05) is 30.3 Å². The molecule has 0 aliphatic rings. The molecule has 0 bridgehead atoms. The van der Waals surface area contributed by atoms with E-state index >= 15 is 0 Å². The highest BCUT2D eigenvalue weighted by Crippen LogP contribution is 2.39. The number of methoxy groups -OCH3 is 1. The van der Waals surface area contributed by atoms with Crippen LogP contribution in [0.4, 0.5) is 0 Å². The summed E-state index contributed by atoms with van der Waals surface area (Å²) in [5.74, 6) is -0.952. The van der Waals surface area contributed by atoms with Crippen molar-refractivity contribution in [3.63, 3.8) is 0 Å². The summed E-state index contributed by atoms with van der Waals surface area (Å²) in [4.78, 5) is -0.766. The van der Waals surface area contributed by atoms with Crippen molar-refractivity contribution in [2.45, 2.75) is 11.0 Å². The van der Waals surface area contributed by atoms with Crippen LogP contribution >= 0.6 is 0 Å². The van der Waals surface area contributed by atoms with Gasteiger partial charge in [0.2, 0.25) is 0 Å². The number of hydrogen-bond acceptors (Lipinski definition) is 5. The van der Waals surface area contributed by atoms with Crippen LogP contribution < -0.4 is 4.74 Å². The maximum absolute atomic E-state index is 11.4. The summed E-state index contributed by atoms with van der Waals surface area (Å²) in [6.07, 6.45) is -1.24. The Morgan fingerprint density at radius 2 is 1.71 bits per heavy atom. The van der Waals surface area contributed by atoms with Gasteiger partial charge < -0.3 is 14.9 Å². The van der Waals surface area contributed by atoms with Gasteiger partial charge in [0.25, 0.3) is 0 Å². The third-order valence-corrected chi connectivity index (χ3v) is 3.92. The smallest absolute Gasteiger partial charge is 0.301 e. The van der Waals surface area contributed by atoms with Crippen molar-refractivity contribution in [2.75, 3.05) is 7.11 Å². The molecule has 0 aliphatic carbocycles. The number of ether oxygens (including phenoxy) is 1. The highest BCUT2D eigenvalue weighted by atomic mass is 32.2. The molecule has 0 amide bonds. The summed E-state index contributed by atoms with van der Waals surface area (Å²) < 4.78 is 36.8. The molecule has 0 spiro atoms. The Labute approximate surface area is 122 Å². The number of aliphatic hydroxyl groups excluding tert-OH is 1. The molecule has 0 fully saturated rings. The molecule has 21 heavy (non-hydrogen) atoms. The second kappa shape index (κ2) is 5.72. The summed E-state index contributed by atoms with van der Waals surface area (Å²) in [7, 11) is -3.50. The van der Waals surface area contributed by atoms with Crippen LogP contribution in [0.3, 0.4) is 0 Å². The normalized spacial score (nSPS) is 12.9. The van der Waals surface area contributed by atoms with E-state index in [0.29, 0.717) is 5.56 Å². The molecule has 0 saturated carbocycles. The molecule has 1 unspecified atom stereocenters. The predicted octanol–water partition coefficient (Wildman–Crippen LogP) is 1.73. The van der Waals surface area contributed by atoms with E-state index in [4.69, 9.17) is 4.74 Å². The van der Waals surface area contributed by atoms with Gasteiger partial charge in [0.05, 0.1) is 7.11 Å². The fourth-order valence-corrected chi connectivity index (χ4v) is 2.78.